The van der Waals surface area contributed by atoms with Crippen molar-refractivity contribution in [2.24, 2.45) is 23.3 Å². The molecule has 0 radical (unpaired) electrons. The number of aliphatic carboxylic acids is 1. The Labute approximate surface area is 192 Å². The zero-order valence-corrected chi connectivity index (χ0v) is 19.4. The van der Waals surface area contributed by atoms with Gasteiger partial charge in [-0.1, -0.05) is 20.3 Å². The fourth-order valence-electron chi connectivity index (χ4n) is 5.08. The molecule has 0 aromatic heterocycles. The van der Waals surface area contributed by atoms with E-state index in [1.54, 1.807) is 6.92 Å². The van der Waals surface area contributed by atoms with Crippen LogP contribution in [0, 0.1) is 11.8 Å². The summed E-state index contributed by atoms with van der Waals surface area (Å²) < 4.78 is 22.3. The monoisotopic (exact) mass is 478 g/mol. The molecule has 2 heterocycles. The highest BCUT2D eigenvalue weighted by atomic mass is 16.7. The smallest absolute Gasteiger partial charge is 0.335 e. The zero-order chi connectivity index (χ0) is 24.9. The first kappa shape index (κ1) is 26.7. The van der Waals surface area contributed by atoms with E-state index in [0.717, 1.165) is 6.42 Å². The van der Waals surface area contributed by atoms with E-state index in [2.05, 4.69) is 0 Å². The normalized spacial score (nSPS) is 46.7. The van der Waals surface area contributed by atoms with Gasteiger partial charge in [-0.3, -0.25) is 0 Å². The quantitative estimate of drug-likeness (QED) is 0.183. The van der Waals surface area contributed by atoms with Gasteiger partial charge in [0.1, 0.15) is 30.1 Å². The van der Waals surface area contributed by atoms with Gasteiger partial charge in [0.25, 0.3) is 0 Å². The Balaban J connectivity index is 1.74. The molecule has 0 bridgehead atoms. The molecule has 0 aromatic rings. The largest absolute Gasteiger partial charge is 0.479 e. The van der Waals surface area contributed by atoms with Crippen LogP contribution in [0.1, 0.15) is 47.0 Å². The summed E-state index contributed by atoms with van der Waals surface area (Å²) in [6.45, 7) is 7.03. The first-order valence-corrected chi connectivity index (χ1v) is 11.4. The van der Waals surface area contributed by atoms with E-state index in [-0.39, 0.29) is 0 Å². The number of fused-ring (bicyclic) bond motifs is 1. The highest BCUT2D eigenvalue weighted by molar-refractivity contribution is 5.73. The van der Waals surface area contributed by atoms with Crippen molar-refractivity contribution in [3.05, 3.63) is 0 Å². The van der Waals surface area contributed by atoms with Gasteiger partial charge in [0.05, 0.1) is 12.2 Å². The molecule has 12 nitrogen and oxygen atoms in total. The van der Waals surface area contributed by atoms with Crippen molar-refractivity contribution >= 4 is 5.97 Å². The van der Waals surface area contributed by atoms with Gasteiger partial charge >= 0.3 is 5.97 Å². The van der Waals surface area contributed by atoms with Crippen LogP contribution in [0.15, 0.2) is 0 Å². The van der Waals surface area contributed by atoms with Crippen LogP contribution < -0.4 is 11.5 Å². The zero-order valence-electron chi connectivity index (χ0n) is 19.4. The van der Waals surface area contributed by atoms with Crippen LogP contribution in [0.2, 0.25) is 0 Å². The van der Waals surface area contributed by atoms with E-state index in [1.807, 2.05) is 13.8 Å². The molecule has 3 fully saturated rings. The molecule has 3 aliphatic rings. The molecule has 192 valence electrons. The maximum absolute atomic E-state index is 11.9. The van der Waals surface area contributed by atoms with E-state index in [0.29, 0.717) is 12.8 Å². The summed E-state index contributed by atoms with van der Waals surface area (Å²) in [6.07, 6.45) is -10.7. The second-order valence-corrected chi connectivity index (χ2v) is 9.94. The second-order valence-electron chi connectivity index (χ2n) is 9.94. The van der Waals surface area contributed by atoms with Crippen LogP contribution >= 0.6 is 0 Å². The van der Waals surface area contributed by atoms with Crippen molar-refractivity contribution in [1.29, 1.82) is 0 Å². The van der Waals surface area contributed by atoms with Gasteiger partial charge in [0.15, 0.2) is 18.7 Å². The van der Waals surface area contributed by atoms with Crippen LogP contribution in [0.25, 0.3) is 0 Å². The summed E-state index contributed by atoms with van der Waals surface area (Å²) in [4.78, 5) is 11.9. The topological polar surface area (TPSA) is 207 Å². The molecule has 0 amide bonds. The minimum Gasteiger partial charge on any atom is -0.479 e. The minimum atomic E-state index is -1.74. The number of carbonyl (C=O) groups is 1. The third-order valence-corrected chi connectivity index (χ3v) is 7.18. The lowest BCUT2D eigenvalue weighted by atomic mass is 9.59. The van der Waals surface area contributed by atoms with Gasteiger partial charge in [-0.05, 0) is 26.7 Å². The molecule has 9 N–H and O–H groups in total. The van der Waals surface area contributed by atoms with Crippen LogP contribution in [0.5, 0.6) is 0 Å². The summed E-state index contributed by atoms with van der Waals surface area (Å²) >= 11 is 0. The number of nitrogens with two attached hydrogens (primary N) is 2. The lowest BCUT2D eigenvalue weighted by molar-refractivity contribution is -0.339. The third-order valence-electron chi connectivity index (χ3n) is 7.18. The number of rotatable bonds is 9. The van der Waals surface area contributed by atoms with Gasteiger partial charge in [0, 0.05) is 17.4 Å². The number of aliphatic hydroxyl groups is 4. The number of ether oxygens (including phenoxy) is 4. The Morgan fingerprint density at radius 3 is 2.15 bits per heavy atom. The predicted molar refractivity (Wildman–Crippen MR) is 112 cm³/mol. The van der Waals surface area contributed by atoms with Crippen molar-refractivity contribution in [2.75, 3.05) is 0 Å². The maximum atomic E-state index is 11.9. The van der Waals surface area contributed by atoms with Crippen molar-refractivity contribution in [1.82, 2.24) is 0 Å². The molecule has 33 heavy (non-hydrogen) atoms. The van der Waals surface area contributed by atoms with E-state index in [1.165, 1.54) is 6.92 Å². The Morgan fingerprint density at radius 1 is 0.970 bits per heavy atom. The highest BCUT2D eigenvalue weighted by Gasteiger charge is 2.66. The van der Waals surface area contributed by atoms with Gasteiger partial charge in [-0.2, -0.15) is 0 Å². The molecule has 13 atom stereocenters. The van der Waals surface area contributed by atoms with E-state index < -0.39 is 84.4 Å². The molecule has 0 aromatic carbocycles. The van der Waals surface area contributed by atoms with Crippen molar-refractivity contribution in [3.8, 4) is 0 Å². The Morgan fingerprint density at radius 2 is 1.61 bits per heavy atom. The third kappa shape index (κ3) is 4.92. The molecule has 2 aliphatic heterocycles. The molecule has 1 aliphatic carbocycles. The highest BCUT2D eigenvalue weighted by Crippen LogP contribution is 2.51. The summed E-state index contributed by atoms with van der Waals surface area (Å²) in [6, 6.07) is 0. The van der Waals surface area contributed by atoms with Crippen LogP contribution in [0.4, 0.5) is 0 Å². The second kappa shape index (κ2) is 9.61. The fourth-order valence-corrected chi connectivity index (χ4v) is 5.08. The standard InChI is InChI=1S/C21H38N2O10/c1-5-7-20(3,22)9-10(24)8-11(25)18(30-14(8)9)31-15-12(26)13(27)19(32-16(15)17(28)29)33-21(4,23)6-2/h8-16,18-19,24-27H,5-7,22-23H2,1-4H3,(H,28,29)/t8?,9?,10?,11?,12?,13?,14?,15?,16?,18?,19?,20-,21?/m0/s1. The molecule has 3 rings (SSSR count). The van der Waals surface area contributed by atoms with Gasteiger partial charge in [0.2, 0.25) is 0 Å². The Hall–Kier alpha value is -0.930. The summed E-state index contributed by atoms with van der Waals surface area (Å²) in [5.41, 5.74) is 10.3. The fraction of sp³-hybridized carbons (Fsp3) is 0.952. The average molecular weight is 479 g/mol. The van der Waals surface area contributed by atoms with Crippen LogP contribution in [0.3, 0.4) is 0 Å². The minimum absolute atomic E-state index is 0.333. The first-order valence-electron chi connectivity index (χ1n) is 11.4. The van der Waals surface area contributed by atoms with Gasteiger partial charge in [-0.15, -0.1) is 0 Å². The Kier molecular flexibility index (Phi) is 7.77. The van der Waals surface area contributed by atoms with Gasteiger partial charge < -0.3 is 55.9 Å². The van der Waals surface area contributed by atoms with Crippen molar-refractivity contribution in [2.45, 2.75) is 114 Å². The van der Waals surface area contributed by atoms with Crippen molar-refractivity contribution < 1.29 is 49.3 Å². The van der Waals surface area contributed by atoms with Crippen LogP contribution in [-0.2, 0) is 23.7 Å². The molecule has 1 saturated carbocycles. The molecule has 12 unspecified atom stereocenters. The lowest BCUT2D eigenvalue weighted by Crippen LogP contribution is -2.67. The lowest BCUT2D eigenvalue weighted by Gasteiger charge is -2.52. The maximum Gasteiger partial charge on any atom is 0.335 e. The van der Waals surface area contributed by atoms with Crippen molar-refractivity contribution in [3.63, 3.8) is 0 Å². The summed E-state index contributed by atoms with van der Waals surface area (Å²) in [5, 5.41) is 52.1. The first-order chi connectivity index (χ1) is 15.3. The summed E-state index contributed by atoms with van der Waals surface area (Å²) in [5.74, 6) is -2.60. The SMILES string of the molecule is CCC[C@](C)(N)C1C(O)C2C(O)C(OC3C(C(=O)O)OC(OC(C)(N)CC)C(O)C3O)OC21. The number of carboxylic acids is 1. The van der Waals surface area contributed by atoms with E-state index in [9.17, 15) is 30.3 Å². The number of carboxylic acid groups (broad SMARTS) is 1. The molecule has 0 spiro atoms. The number of hydrogen-bond donors (Lipinski definition) is 7. The Bertz CT molecular complexity index is 707. The van der Waals surface area contributed by atoms with E-state index >= 15 is 0 Å². The molecule has 12 heteroatoms. The molecular formula is C21H38N2O10. The molecular weight excluding hydrogens is 440 g/mol. The van der Waals surface area contributed by atoms with Crippen LogP contribution in [-0.4, -0.2) is 98.1 Å². The number of aliphatic hydroxyl groups excluding tert-OH is 4. The average Bonchev–Trinajstić information content (AvgIpc) is 2.97. The van der Waals surface area contributed by atoms with Gasteiger partial charge in [-0.25, -0.2) is 4.79 Å². The molecule has 2 saturated heterocycles. The predicted octanol–water partition coefficient (Wildman–Crippen LogP) is -1.79. The summed E-state index contributed by atoms with van der Waals surface area (Å²) in [7, 11) is 0. The number of hydrogen-bond acceptors (Lipinski definition) is 11. The van der Waals surface area contributed by atoms with E-state index in [4.69, 9.17) is 30.4 Å².